The van der Waals surface area contributed by atoms with Crippen LogP contribution in [0.4, 0.5) is 0 Å². The molecule has 0 aromatic rings. The topological polar surface area (TPSA) is 61.8 Å². The summed E-state index contributed by atoms with van der Waals surface area (Å²) in [4.78, 5) is 23.6. The molecule has 5 nitrogen and oxygen atoms in total. The molecule has 0 heterocycles. The van der Waals surface area contributed by atoms with Crippen LogP contribution < -0.4 is 0 Å². The van der Waals surface area contributed by atoms with Crippen LogP contribution in [0.5, 0.6) is 0 Å². The molecule has 0 aliphatic heterocycles. The molecule has 144 valence electrons. The Morgan fingerprint density at radius 3 is 1.36 bits per heavy atom. The Bertz CT molecular complexity index is 454. The van der Waals surface area contributed by atoms with Gasteiger partial charge in [0, 0.05) is 12.2 Å². The molecule has 0 saturated carbocycles. The fourth-order valence-electron chi connectivity index (χ4n) is 2.87. The summed E-state index contributed by atoms with van der Waals surface area (Å²) in [6.07, 6.45) is 7.56. The second-order valence-corrected chi connectivity index (χ2v) is 15.5. The number of ether oxygens (including phenoxy) is 2. The van der Waals surface area contributed by atoms with Gasteiger partial charge >= 0.3 is 11.9 Å². The highest BCUT2D eigenvalue weighted by Gasteiger charge is 2.45. The molecule has 0 aliphatic carbocycles. The summed E-state index contributed by atoms with van der Waals surface area (Å²) in [6.45, 7) is 15.8. The van der Waals surface area contributed by atoms with Gasteiger partial charge in [-0.25, -0.2) is 9.59 Å². The zero-order chi connectivity index (χ0) is 19.7. The van der Waals surface area contributed by atoms with E-state index in [9.17, 15) is 9.59 Å². The Kier molecular flexibility index (Phi) is 10.2. The number of carbonyl (C=O) groups is 2. The van der Waals surface area contributed by atoms with Gasteiger partial charge in [0.1, 0.15) is 11.5 Å². The summed E-state index contributed by atoms with van der Waals surface area (Å²) in [5.41, 5.74) is -0.488. The predicted molar refractivity (Wildman–Crippen MR) is 106 cm³/mol. The van der Waals surface area contributed by atoms with E-state index < -0.39 is 16.6 Å². The van der Waals surface area contributed by atoms with Gasteiger partial charge in [-0.2, -0.15) is 0 Å². The van der Waals surface area contributed by atoms with Gasteiger partial charge in [-0.15, -0.1) is 0 Å². The largest absolute Gasteiger partial charge is 0.460 e. The van der Waals surface area contributed by atoms with Crippen LogP contribution in [0.2, 0.25) is 26.2 Å². The lowest BCUT2D eigenvalue weighted by atomic mass is 10.5. The van der Waals surface area contributed by atoms with Crippen molar-refractivity contribution in [2.45, 2.75) is 78.2 Å². The highest BCUT2D eigenvalue weighted by atomic mass is 28.4. The van der Waals surface area contributed by atoms with E-state index in [0.717, 1.165) is 0 Å². The van der Waals surface area contributed by atoms with Crippen molar-refractivity contribution in [1.82, 2.24) is 0 Å². The molecule has 0 saturated heterocycles. The Hall–Kier alpha value is -1.19. The maximum Gasteiger partial charge on any atom is 0.330 e. The van der Waals surface area contributed by atoms with Gasteiger partial charge in [0.15, 0.2) is 0 Å². The number of esters is 2. The first-order valence-corrected chi connectivity index (χ1v) is 14.9. The van der Waals surface area contributed by atoms with E-state index in [4.69, 9.17) is 13.6 Å². The average molecular weight is 387 g/mol. The summed E-state index contributed by atoms with van der Waals surface area (Å²) in [7, 11) is -4.67. The SMILES string of the molecule is C/C=C/C(=O)O[C@@H](CC)[Si](C)(C)O[Si](C)(C)[C@@H](CC)OC(=O)/C=C/C. The Morgan fingerprint density at radius 1 is 0.800 bits per heavy atom. The second kappa shape index (κ2) is 10.7. The summed E-state index contributed by atoms with van der Waals surface area (Å²) in [5, 5.41) is 0. The maximum atomic E-state index is 11.8. The minimum atomic E-state index is -2.33. The number of hydrogen-bond donors (Lipinski definition) is 0. The van der Waals surface area contributed by atoms with Crippen LogP contribution in [0.3, 0.4) is 0 Å². The van der Waals surface area contributed by atoms with Crippen molar-refractivity contribution < 1.29 is 23.2 Å². The number of allylic oxidation sites excluding steroid dienone is 2. The zero-order valence-electron chi connectivity index (χ0n) is 16.9. The van der Waals surface area contributed by atoms with Gasteiger partial charge in [-0.3, -0.25) is 0 Å². The molecule has 25 heavy (non-hydrogen) atoms. The van der Waals surface area contributed by atoms with E-state index >= 15 is 0 Å². The van der Waals surface area contributed by atoms with E-state index in [0.29, 0.717) is 12.8 Å². The van der Waals surface area contributed by atoms with E-state index in [-0.39, 0.29) is 23.4 Å². The monoisotopic (exact) mass is 386 g/mol. The fraction of sp³-hybridized carbons (Fsp3) is 0.667. The van der Waals surface area contributed by atoms with Crippen LogP contribution in [0.15, 0.2) is 24.3 Å². The molecule has 0 aromatic heterocycles. The third-order valence-corrected chi connectivity index (χ3v) is 12.3. The summed E-state index contributed by atoms with van der Waals surface area (Å²) >= 11 is 0. The molecule has 2 atom stereocenters. The smallest absolute Gasteiger partial charge is 0.330 e. The minimum absolute atomic E-state index is 0.244. The molecule has 7 heteroatoms. The molecule has 0 rings (SSSR count). The Balaban J connectivity index is 5.22. The van der Waals surface area contributed by atoms with Gasteiger partial charge in [-0.05, 0) is 52.9 Å². The lowest BCUT2D eigenvalue weighted by Gasteiger charge is -2.40. The summed E-state index contributed by atoms with van der Waals surface area (Å²) in [5.74, 6) is -0.686. The quantitative estimate of drug-likeness (QED) is 0.318. The number of hydrogen-bond acceptors (Lipinski definition) is 5. The molecule has 0 radical (unpaired) electrons. The Labute approximate surface area is 154 Å². The maximum absolute atomic E-state index is 11.8. The van der Waals surface area contributed by atoms with Gasteiger partial charge < -0.3 is 13.6 Å². The molecular weight excluding hydrogens is 352 g/mol. The van der Waals surface area contributed by atoms with Crippen molar-refractivity contribution in [2.24, 2.45) is 0 Å². The number of carbonyl (C=O) groups excluding carboxylic acids is 2. The van der Waals surface area contributed by atoms with Crippen LogP contribution in [0.25, 0.3) is 0 Å². The first kappa shape index (κ1) is 23.8. The Morgan fingerprint density at radius 2 is 1.12 bits per heavy atom. The summed E-state index contributed by atoms with van der Waals surface area (Å²) < 4.78 is 17.8. The first-order valence-electron chi connectivity index (χ1n) is 8.90. The van der Waals surface area contributed by atoms with Crippen molar-refractivity contribution in [3.8, 4) is 0 Å². The highest BCUT2D eigenvalue weighted by molar-refractivity contribution is 6.86. The van der Waals surface area contributed by atoms with Gasteiger partial charge in [0.25, 0.3) is 0 Å². The van der Waals surface area contributed by atoms with Gasteiger partial charge in [0.05, 0.1) is 0 Å². The summed E-state index contributed by atoms with van der Waals surface area (Å²) in [6, 6.07) is 0. The zero-order valence-corrected chi connectivity index (χ0v) is 18.9. The lowest BCUT2D eigenvalue weighted by Crippen LogP contribution is -2.58. The normalized spacial score (nSPS) is 15.4. The van der Waals surface area contributed by atoms with Crippen LogP contribution in [0.1, 0.15) is 40.5 Å². The fourth-order valence-corrected chi connectivity index (χ4v) is 12.1. The van der Waals surface area contributed by atoms with Gasteiger partial charge in [0.2, 0.25) is 16.6 Å². The van der Waals surface area contributed by atoms with Crippen LogP contribution in [-0.2, 0) is 23.2 Å². The number of rotatable bonds is 10. The minimum Gasteiger partial charge on any atom is -0.460 e. The van der Waals surface area contributed by atoms with Crippen molar-refractivity contribution in [2.75, 3.05) is 0 Å². The lowest BCUT2D eigenvalue weighted by molar-refractivity contribution is -0.140. The molecular formula is C18H34O5Si2. The molecule has 0 aliphatic rings. The van der Waals surface area contributed by atoms with E-state index in [1.807, 2.05) is 13.8 Å². The van der Waals surface area contributed by atoms with Crippen molar-refractivity contribution in [1.29, 1.82) is 0 Å². The van der Waals surface area contributed by atoms with E-state index in [1.165, 1.54) is 12.2 Å². The highest BCUT2D eigenvalue weighted by Crippen LogP contribution is 2.26. The van der Waals surface area contributed by atoms with Gasteiger partial charge in [-0.1, -0.05) is 26.0 Å². The molecule has 0 fully saturated rings. The van der Waals surface area contributed by atoms with Crippen molar-refractivity contribution >= 4 is 28.6 Å². The van der Waals surface area contributed by atoms with Crippen LogP contribution in [0, 0.1) is 0 Å². The van der Waals surface area contributed by atoms with Crippen molar-refractivity contribution in [3.63, 3.8) is 0 Å². The van der Waals surface area contributed by atoms with E-state index in [1.54, 1.807) is 26.0 Å². The second-order valence-electron chi connectivity index (χ2n) is 6.98. The van der Waals surface area contributed by atoms with Crippen molar-refractivity contribution in [3.05, 3.63) is 24.3 Å². The molecule has 0 N–H and O–H groups in total. The molecule has 0 unspecified atom stereocenters. The predicted octanol–water partition coefficient (Wildman–Crippen LogP) is 4.29. The third kappa shape index (κ3) is 8.15. The molecule has 0 amide bonds. The molecule has 0 aromatic carbocycles. The molecule has 0 spiro atoms. The van der Waals surface area contributed by atoms with Crippen LogP contribution in [-0.4, -0.2) is 40.0 Å². The first-order chi connectivity index (χ1) is 11.5. The average Bonchev–Trinajstić information content (AvgIpc) is 2.49. The van der Waals surface area contributed by atoms with E-state index in [2.05, 4.69) is 26.2 Å². The van der Waals surface area contributed by atoms with Crippen LogP contribution >= 0.6 is 0 Å². The standard InChI is InChI=1S/C18H34O5Si2/c1-9-13-15(19)21-17(11-3)24(5,6)23-25(7,8)18(12-4)22-16(20)14-10-2/h9-10,13-14,17-18H,11-12H2,1-8H3/b13-9+,14-10+/t17-,18+. The third-order valence-electron chi connectivity index (χ3n) is 3.94. The molecule has 0 bridgehead atoms.